The standard InChI is InChI=1S/C14H12ClFN2O3S/c1-22(20,21)18-13-5-3-2-4-10(13)14(19)17-9-6-7-12(16)11(15)8-9/h2-8,18H,1H3,(H,17,19). The molecule has 2 N–H and O–H groups in total. The number of hydrogen-bond acceptors (Lipinski definition) is 3. The molecule has 0 saturated carbocycles. The summed E-state index contributed by atoms with van der Waals surface area (Å²) in [7, 11) is -3.52. The first-order valence-electron chi connectivity index (χ1n) is 6.09. The quantitative estimate of drug-likeness (QED) is 0.896. The van der Waals surface area contributed by atoms with Crippen LogP contribution in [-0.4, -0.2) is 20.6 Å². The third-order valence-electron chi connectivity index (χ3n) is 2.64. The number of carbonyl (C=O) groups excluding carboxylic acids is 1. The van der Waals surface area contributed by atoms with Crippen LogP contribution in [0.15, 0.2) is 42.5 Å². The molecule has 0 aliphatic rings. The van der Waals surface area contributed by atoms with Crippen LogP contribution in [0.2, 0.25) is 5.02 Å². The molecule has 0 heterocycles. The van der Waals surface area contributed by atoms with Crippen LogP contribution in [0.3, 0.4) is 0 Å². The number of carbonyl (C=O) groups is 1. The van der Waals surface area contributed by atoms with Crippen LogP contribution in [0.25, 0.3) is 0 Å². The van der Waals surface area contributed by atoms with Crippen molar-refractivity contribution in [3.05, 3.63) is 58.9 Å². The summed E-state index contributed by atoms with van der Waals surface area (Å²) in [5, 5.41) is 2.40. The van der Waals surface area contributed by atoms with Crippen molar-refractivity contribution >= 4 is 38.9 Å². The molecule has 0 atom stereocenters. The van der Waals surface area contributed by atoms with Gasteiger partial charge in [-0.25, -0.2) is 12.8 Å². The highest BCUT2D eigenvalue weighted by atomic mass is 35.5. The highest BCUT2D eigenvalue weighted by Crippen LogP contribution is 2.22. The van der Waals surface area contributed by atoms with Gasteiger partial charge in [0.05, 0.1) is 22.5 Å². The Balaban J connectivity index is 2.28. The van der Waals surface area contributed by atoms with Gasteiger partial charge in [-0.1, -0.05) is 23.7 Å². The Hall–Kier alpha value is -2.12. The molecular formula is C14H12ClFN2O3S. The largest absolute Gasteiger partial charge is 0.322 e. The van der Waals surface area contributed by atoms with Gasteiger partial charge in [-0.05, 0) is 30.3 Å². The molecule has 0 aromatic heterocycles. The lowest BCUT2D eigenvalue weighted by Gasteiger charge is -2.11. The fourth-order valence-electron chi connectivity index (χ4n) is 1.74. The van der Waals surface area contributed by atoms with Crippen molar-refractivity contribution in [2.75, 3.05) is 16.3 Å². The van der Waals surface area contributed by atoms with Crippen molar-refractivity contribution in [3.63, 3.8) is 0 Å². The molecule has 0 fully saturated rings. The highest BCUT2D eigenvalue weighted by molar-refractivity contribution is 7.92. The molecule has 0 unspecified atom stereocenters. The van der Waals surface area contributed by atoms with Crippen LogP contribution < -0.4 is 10.0 Å². The van der Waals surface area contributed by atoms with E-state index in [0.29, 0.717) is 5.69 Å². The normalized spacial score (nSPS) is 11.0. The number of anilines is 2. The first-order chi connectivity index (χ1) is 10.3. The Morgan fingerprint density at radius 1 is 1.18 bits per heavy atom. The predicted molar refractivity (Wildman–Crippen MR) is 84.3 cm³/mol. The molecule has 0 bridgehead atoms. The Labute approximate surface area is 132 Å². The monoisotopic (exact) mass is 342 g/mol. The van der Waals surface area contributed by atoms with Gasteiger partial charge < -0.3 is 5.32 Å². The van der Waals surface area contributed by atoms with Crippen LogP contribution in [0.5, 0.6) is 0 Å². The summed E-state index contributed by atoms with van der Waals surface area (Å²) < 4.78 is 38.0. The number of para-hydroxylation sites is 1. The lowest BCUT2D eigenvalue weighted by Crippen LogP contribution is -2.17. The number of halogens is 2. The number of amides is 1. The number of sulfonamides is 1. The summed E-state index contributed by atoms with van der Waals surface area (Å²) in [6.07, 6.45) is 0.988. The number of benzene rings is 2. The van der Waals surface area contributed by atoms with E-state index in [2.05, 4.69) is 10.0 Å². The first kappa shape index (κ1) is 16.3. The summed E-state index contributed by atoms with van der Waals surface area (Å²) in [4.78, 5) is 12.2. The second-order valence-electron chi connectivity index (χ2n) is 4.50. The zero-order chi connectivity index (χ0) is 16.3. The molecular weight excluding hydrogens is 331 g/mol. The summed E-state index contributed by atoms with van der Waals surface area (Å²) in [6, 6.07) is 9.87. The van der Waals surface area contributed by atoms with Gasteiger partial charge in [0.2, 0.25) is 10.0 Å². The van der Waals surface area contributed by atoms with E-state index in [1.165, 1.54) is 24.3 Å². The van der Waals surface area contributed by atoms with Crippen molar-refractivity contribution < 1.29 is 17.6 Å². The maximum Gasteiger partial charge on any atom is 0.257 e. The van der Waals surface area contributed by atoms with Crippen LogP contribution >= 0.6 is 11.6 Å². The average Bonchev–Trinajstić information content (AvgIpc) is 2.41. The van der Waals surface area contributed by atoms with Crippen molar-refractivity contribution in [2.45, 2.75) is 0 Å². The summed E-state index contributed by atoms with van der Waals surface area (Å²) in [5.74, 6) is -1.15. The number of hydrogen-bond donors (Lipinski definition) is 2. The van der Waals surface area contributed by atoms with E-state index in [-0.39, 0.29) is 16.3 Å². The van der Waals surface area contributed by atoms with Gasteiger partial charge in [0.15, 0.2) is 0 Å². The van der Waals surface area contributed by atoms with E-state index in [0.717, 1.165) is 12.3 Å². The fourth-order valence-corrected chi connectivity index (χ4v) is 2.50. The Kier molecular flexibility index (Phi) is 4.68. The fraction of sp³-hybridized carbons (Fsp3) is 0.0714. The van der Waals surface area contributed by atoms with Crippen molar-refractivity contribution in [3.8, 4) is 0 Å². The molecule has 116 valence electrons. The Morgan fingerprint density at radius 2 is 1.86 bits per heavy atom. The first-order valence-corrected chi connectivity index (χ1v) is 8.36. The smallest absolute Gasteiger partial charge is 0.257 e. The van der Waals surface area contributed by atoms with Gasteiger partial charge >= 0.3 is 0 Å². The van der Waals surface area contributed by atoms with Gasteiger partial charge in [-0.2, -0.15) is 0 Å². The zero-order valence-electron chi connectivity index (χ0n) is 11.4. The van der Waals surface area contributed by atoms with Gasteiger partial charge in [0.1, 0.15) is 5.82 Å². The molecule has 0 radical (unpaired) electrons. The minimum absolute atomic E-state index is 0.125. The molecule has 0 aliphatic heterocycles. The summed E-state index contributed by atoms with van der Waals surface area (Å²) in [5.41, 5.74) is 0.578. The third kappa shape index (κ3) is 4.19. The van der Waals surface area contributed by atoms with Gasteiger partial charge in [-0.15, -0.1) is 0 Å². The lowest BCUT2D eigenvalue weighted by atomic mass is 10.1. The zero-order valence-corrected chi connectivity index (χ0v) is 13.0. The average molecular weight is 343 g/mol. The Bertz CT molecular complexity index is 825. The molecule has 0 aliphatic carbocycles. The maximum absolute atomic E-state index is 13.1. The highest BCUT2D eigenvalue weighted by Gasteiger charge is 2.14. The van der Waals surface area contributed by atoms with Gasteiger partial charge in [-0.3, -0.25) is 9.52 Å². The predicted octanol–water partition coefficient (Wildman–Crippen LogP) is 3.10. The molecule has 2 aromatic rings. The SMILES string of the molecule is CS(=O)(=O)Nc1ccccc1C(=O)Nc1ccc(F)c(Cl)c1. The maximum atomic E-state index is 13.1. The van der Waals surface area contributed by atoms with Gasteiger partial charge in [0.25, 0.3) is 5.91 Å². The van der Waals surface area contributed by atoms with Gasteiger partial charge in [0, 0.05) is 5.69 Å². The van der Waals surface area contributed by atoms with E-state index < -0.39 is 21.7 Å². The number of nitrogens with one attached hydrogen (secondary N) is 2. The lowest BCUT2D eigenvalue weighted by molar-refractivity contribution is 0.102. The molecule has 8 heteroatoms. The van der Waals surface area contributed by atoms with E-state index >= 15 is 0 Å². The minimum Gasteiger partial charge on any atom is -0.322 e. The van der Waals surface area contributed by atoms with E-state index in [4.69, 9.17) is 11.6 Å². The van der Waals surface area contributed by atoms with Crippen LogP contribution in [-0.2, 0) is 10.0 Å². The van der Waals surface area contributed by atoms with Crippen LogP contribution in [0.1, 0.15) is 10.4 Å². The summed E-state index contributed by atoms with van der Waals surface area (Å²) >= 11 is 5.64. The molecule has 2 aromatic carbocycles. The molecule has 5 nitrogen and oxygen atoms in total. The van der Waals surface area contributed by atoms with Crippen molar-refractivity contribution in [1.29, 1.82) is 0 Å². The molecule has 1 amide bonds. The third-order valence-corrected chi connectivity index (χ3v) is 3.52. The van der Waals surface area contributed by atoms with Crippen molar-refractivity contribution in [1.82, 2.24) is 0 Å². The van der Waals surface area contributed by atoms with E-state index in [1.807, 2.05) is 0 Å². The van der Waals surface area contributed by atoms with Crippen LogP contribution in [0.4, 0.5) is 15.8 Å². The second-order valence-corrected chi connectivity index (χ2v) is 6.66. The minimum atomic E-state index is -3.52. The Morgan fingerprint density at radius 3 is 2.50 bits per heavy atom. The molecule has 0 saturated heterocycles. The molecule has 22 heavy (non-hydrogen) atoms. The molecule has 2 rings (SSSR count). The topological polar surface area (TPSA) is 75.3 Å². The van der Waals surface area contributed by atoms with E-state index in [1.54, 1.807) is 12.1 Å². The molecule has 0 spiro atoms. The number of rotatable bonds is 4. The van der Waals surface area contributed by atoms with E-state index in [9.17, 15) is 17.6 Å². The van der Waals surface area contributed by atoms with Crippen molar-refractivity contribution in [2.24, 2.45) is 0 Å². The second kappa shape index (κ2) is 6.33. The van der Waals surface area contributed by atoms with Crippen LogP contribution in [0, 0.1) is 5.82 Å². The summed E-state index contributed by atoms with van der Waals surface area (Å²) in [6.45, 7) is 0.